The fourth-order valence-electron chi connectivity index (χ4n) is 12.6. The molecule has 1 aliphatic carbocycles. The molecule has 1 aliphatic rings. The van der Waals surface area contributed by atoms with Crippen LogP contribution in [0.15, 0.2) is 311 Å². The van der Waals surface area contributed by atoms with E-state index < -0.39 is 0 Å². The summed E-state index contributed by atoms with van der Waals surface area (Å²) in [4.78, 5) is 91.5. The van der Waals surface area contributed by atoms with Gasteiger partial charge >= 0.3 is 0 Å². The summed E-state index contributed by atoms with van der Waals surface area (Å²) in [5, 5.41) is 4.77. The highest BCUT2D eigenvalue weighted by Gasteiger charge is 2.35. The van der Waals surface area contributed by atoms with Gasteiger partial charge in [-0.25, -0.2) is 74.8 Å². The Morgan fingerprint density at radius 3 is 1.04 bits per heavy atom. The highest BCUT2D eigenvalue weighted by molar-refractivity contribution is 5.88. The zero-order chi connectivity index (χ0) is 75.9. The number of hydrogen-bond acceptors (Lipinski definition) is 21. The molecule has 0 aliphatic heterocycles. The number of aryl methyl sites for hydroxylation is 4. The SMILES string of the molecule is Cc1nc(-c2ccccc2)nc(-c2ccc3c(c2)C(C)(C)c2ccccc2-3)n1.Cc1nc(-c2ccccn2)nc(-c2ccccn2)n1.Cc1nc(-c2cccnc2)nc(-c2cccnc2)n1.Cc1nc(-c2ccncc2)nc(-c2ccncc2)n1.c1ccc2cc(-c3ncnc(-c4ccc5ccccc5c4)n3)ccc2c1. The third-order valence-electron chi connectivity index (χ3n) is 18.0. The number of hydrogen-bond donors (Lipinski definition) is 0. The smallest absolute Gasteiger partial charge is 0.182 e. The summed E-state index contributed by atoms with van der Waals surface area (Å²) >= 11 is 0. The molecular formula is C90H69N21. The second-order valence-electron chi connectivity index (χ2n) is 26.1. The van der Waals surface area contributed by atoms with Gasteiger partial charge in [0, 0.05) is 112 Å². The quantitative estimate of drug-likeness (QED) is 0.123. The Bertz CT molecular complexity index is 5670. The first-order valence-corrected chi connectivity index (χ1v) is 35.7. The lowest BCUT2D eigenvalue weighted by Gasteiger charge is -2.21. The minimum atomic E-state index is -0.0354. The first-order chi connectivity index (χ1) is 54.4. The number of fused-ring (bicyclic) bond motifs is 5. The molecule has 11 heterocycles. The molecule has 0 fully saturated rings. The van der Waals surface area contributed by atoms with Crippen molar-refractivity contribution in [1.82, 2.24) is 105 Å². The average Bonchev–Trinajstić information content (AvgIpc) is 1.57. The molecular weight excluding hydrogens is 1380 g/mol. The normalized spacial score (nSPS) is 11.4. The number of pyridine rings is 6. The molecule has 7 aromatic carbocycles. The maximum absolute atomic E-state index is 4.77. The summed E-state index contributed by atoms with van der Waals surface area (Å²) in [5.74, 6) is 9.24. The van der Waals surface area contributed by atoms with Crippen LogP contribution in [0.25, 0.3) is 147 Å². The zero-order valence-corrected chi connectivity index (χ0v) is 61.3. The molecule has 21 nitrogen and oxygen atoms in total. The van der Waals surface area contributed by atoms with Crippen molar-refractivity contribution in [3.05, 3.63) is 345 Å². The van der Waals surface area contributed by atoms with E-state index in [0.29, 0.717) is 69.9 Å². The van der Waals surface area contributed by atoms with E-state index in [4.69, 9.17) is 9.97 Å². The lowest BCUT2D eigenvalue weighted by atomic mass is 9.82. The molecule has 18 aromatic rings. The van der Waals surface area contributed by atoms with Gasteiger partial charge < -0.3 is 0 Å². The fourth-order valence-corrected chi connectivity index (χ4v) is 12.6. The van der Waals surface area contributed by atoms with E-state index in [0.717, 1.165) is 67.5 Å². The predicted octanol–water partition coefficient (Wildman–Crippen LogP) is 18.2. The van der Waals surface area contributed by atoms with E-state index in [1.165, 1.54) is 43.8 Å². The minimum absolute atomic E-state index is 0.0354. The Balaban J connectivity index is 0.000000111. The molecule has 0 unspecified atom stereocenters. The van der Waals surface area contributed by atoms with Gasteiger partial charge in [0.2, 0.25) is 0 Å². The van der Waals surface area contributed by atoms with Crippen molar-refractivity contribution in [3.8, 4) is 125 Å². The van der Waals surface area contributed by atoms with Gasteiger partial charge in [0.05, 0.1) is 0 Å². The summed E-state index contributed by atoms with van der Waals surface area (Å²) in [6, 6.07) is 80.8. The summed E-state index contributed by atoms with van der Waals surface area (Å²) in [5.41, 5.74) is 14.4. The Hall–Kier alpha value is -15.0. The minimum Gasteiger partial charge on any atom is -0.265 e. The van der Waals surface area contributed by atoms with E-state index >= 15 is 0 Å². The standard InChI is InChI=1S/C25H21N3.C23H15N3.3C14H11N5/c1-16-26-23(17-9-5-4-6-10-17)28-24(27-16)18-13-14-20-19-11-7-8-12-21(19)25(2,3)22(20)15-18;1-3-7-18-13-20(11-9-16(18)5-1)22-24-15-25-23(26-22)21-12-10-17-6-2-4-8-19(17)14-21;1-10-17-13(11-2-6-15-7-3-11)19-14(18-10)12-4-8-16-9-5-12;1-10-17-13(11-4-2-6-15-8-11)19-14(18-10)12-5-3-7-16-9-12;1-10-17-13(11-6-2-4-8-15-11)19-14(18-10)12-7-3-5-9-16-12/h4-15H,1-3H3;1-15H;3*2-9H,1H3. The molecule has 111 heavy (non-hydrogen) atoms. The highest BCUT2D eigenvalue weighted by Crippen LogP contribution is 2.49. The Morgan fingerprint density at radius 1 is 0.216 bits per heavy atom. The second-order valence-corrected chi connectivity index (χ2v) is 26.1. The molecule has 19 rings (SSSR count). The van der Waals surface area contributed by atoms with Crippen LogP contribution >= 0.6 is 0 Å². The van der Waals surface area contributed by atoms with Gasteiger partial charge in [-0.3, -0.25) is 29.9 Å². The maximum atomic E-state index is 4.77. The molecule has 0 amide bonds. The molecule has 0 radical (unpaired) electrons. The first-order valence-electron chi connectivity index (χ1n) is 35.7. The molecule has 0 saturated heterocycles. The van der Waals surface area contributed by atoms with Crippen LogP contribution in [0.4, 0.5) is 0 Å². The van der Waals surface area contributed by atoms with Gasteiger partial charge in [-0.2, -0.15) is 0 Å². The van der Waals surface area contributed by atoms with Gasteiger partial charge in [-0.1, -0.05) is 166 Å². The van der Waals surface area contributed by atoms with Crippen molar-refractivity contribution < 1.29 is 0 Å². The van der Waals surface area contributed by atoms with Crippen LogP contribution in [-0.2, 0) is 5.41 Å². The predicted molar refractivity (Wildman–Crippen MR) is 432 cm³/mol. The molecule has 0 spiro atoms. The van der Waals surface area contributed by atoms with Crippen LogP contribution in [-0.4, -0.2) is 105 Å². The van der Waals surface area contributed by atoms with E-state index in [-0.39, 0.29) is 5.41 Å². The van der Waals surface area contributed by atoms with E-state index in [9.17, 15) is 0 Å². The van der Waals surface area contributed by atoms with Crippen LogP contribution in [0.3, 0.4) is 0 Å². The fraction of sp³-hybridized carbons (Fsp3) is 0.0778. The van der Waals surface area contributed by atoms with Crippen LogP contribution in [0, 0.1) is 27.7 Å². The van der Waals surface area contributed by atoms with Crippen molar-refractivity contribution in [1.29, 1.82) is 0 Å². The number of nitrogens with zero attached hydrogens (tertiary/aromatic N) is 21. The lowest BCUT2D eigenvalue weighted by molar-refractivity contribution is 0.660. The van der Waals surface area contributed by atoms with Gasteiger partial charge in [-0.05, 0) is 162 Å². The van der Waals surface area contributed by atoms with Crippen molar-refractivity contribution in [2.24, 2.45) is 0 Å². The number of benzene rings is 7. The number of rotatable bonds is 10. The van der Waals surface area contributed by atoms with Gasteiger partial charge in [0.25, 0.3) is 0 Å². The molecule has 0 N–H and O–H groups in total. The monoisotopic (exact) mass is 1440 g/mol. The summed E-state index contributed by atoms with van der Waals surface area (Å²) in [6.45, 7) is 12.0. The molecule has 11 aromatic heterocycles. The molecule has 0 bridgehead atoms. The largest absolute Gasteiger partial charge is 0.265 e. The topological polar surface area (TPSA) is 271 Å². The number of aromatic nitrogens is 21. The first kappa shape index (κ1) is 71.6. The van der Waals surface area contributed by atoms with Crippen molar-refractivity contribution in [3.63, 3.8) is 0 Å². The summed E-state index contributed by atoms with van der Waals surface area (Å²) in [6.07, 6.45) is 18.8. The summed E-state index contributed by atoms with van der Waals surface area (Å²) in [7, 11) is 0. The Morgan fingerprint density at radius 2 is 0.577 bits per heavy atom. The van der Waals surface area contributed by atoms with E-state index in [1.54, 1.807) is 68.3 Å². The van der Waals surface area contributed by atoms with E-state index in [2.05, 4.69) is 212 Å². The van der Waals surface area contributed by atoms with Crippen LogP contribution in [0.2, 0.25) is 0 Å². The maximum Gasteiger partial charge on any atom is 0.182 e. The molecule has 0 atom stereocenters. The van der Waals surface area contributed by atoms with Crippen molar-refractivity contribution in [2.75, 3.05) is 0 Å². The highest BCUT2D eigenvalue weighted by atomic mass is 15.1. The van der Waals surface area contributed by atoms with Crippen molar-refractivity contribution >= 4 is 21.5 Å². The van der Waals surface area contributed by atoms with Crippen LogP contribution < -0.4 is 0 Å². The second kappa shape index (κ2) is 33.2. The van der Waals surface area contributed by atoms with Gasteiger partial charge in [0.15, 0.2) is 58.2 Å². The van der Waals surface area contributed by atoms with Crippen molar-refractivity contribution in [2.45, 2.75) is 47.0 Å². The summed E-state index contributed by atoms with van der Waals surface area (Å²) < 4.78 is 0. The van der Waals surface area contributed by atoms with Gasteiger partial charge in [0.1, 0.15) is 41.0 Å². The lowest BCUT2D eigenvalue weighted by Crippen LogP contribution is -2.15. The Kier molecular flexibility index (Phi) is 21.4. The van der Waals surface area contributed by atoms with Gasteiger partial charge in [-0.15, -0.1) is 0 Å². The zero-order valence-electron chi connectivity index (χ0n) is 61.3. The van der Waals surface area contributed by atoms with Crippen LogP contribution in [0.1, 0.15) is 48.3 Å². The average molecular weight is 1440 g/mol. The van der Waals surface area contributed by atoms with E-state index in [1.807, 2.05) is 167 Å². The van der Waals surface area contributed by atoms with Crippen LogP contribution in [0.5, 0.6) is 0 Å². The Labute approximate surface area is 640 Å². The molecule has 0 saturated carbocycles. The molecule has 534 valence electrons. The molecule has 21 heteroatoms. The third-order valence-corrected chi connectivity index (χ3v) is 18.0. The third kappa shape index (κ3) is 17.1.